The van der Waals surface area contributed by atoms with Crippen molar-refractivity contribution in [1.82, 2.24) is 0 Å². The Balaban J connectivity index is 3.19. The number of hydrogen-bond acceptors (Lipinski definition) is 2. The Bertz CT molecular complexity index is 510. The van der Waals surface area contributed by atoms with Gasteiger partial charge in [-0.3, -0.25) is 10.1 Å². The third kappa shape index (κ3) is 5.03. The molecule has 0 radical (unpaired) electrons. The van der Waals surface area contributed by atoms with Crippen molar-refractivity contribution in [2.75, 3.05) is 0 Å². The molecule has 0 unspecified atom stereocenters. The predicted molar refractivity (Wildman–Crippen MR) is 102 cm³/mol. The van der Waals surface area contributed by atoms with Crippen LogP contribution in [0.4, 0.5) is 5.69 Å². The molecule has 0 saturated carbocycles. The lowest BCUT2D eigenvalue weighted by Gasteiger charge is -2.32. The van der Waals surface area contributed by atoms with E-state index in [4.69, 9.17) is 0 Å². The number of nitrogens with zero attached hydrogens (tertiary/aromatic N) is 1. The fraction of sp³-hybridized carbons (Fsp3) is 0.579. The molecule has 0 aliphatic heterocycles. The van der Waals surface area contributed by atoms with E-state index >= 15 is 0 Å². The molecule has 128 valence electrons. The van der Waals surface area contributed by atoms with Crippen LogP contribution in [0.2, 0.25) is 18.1 Å². The molecule has 4 heteroatoms. The van der Waals surface area contributed by atoms with Gasteiger partial charge in [-0.05, 0) is 30.5 Å². The van der Waals surface area contributed by atoms with Crippen molar-refractivity contribution in [3.8, 4) is 0 Å². The Labute approximate surface area is 142 Å². The number of nitro groups is 1. The van der Waals surface area contributed by atoms with Crippen LogP contribution in [0.1, 0.15) is 58.9 Å². The van der Waals surface area contributed by atoms with Gasteiger partial charge >= 0.3 is 0 Å². The molecule has 23 heavy (non-hydrogen) atoms. The van der Waals surface area contributed by atoms with Crippen molar-refractivity contribution in [3.05, 3.63) is 46.0 Å². The Morgan fingerprint density at radius 3 is 2.04 bits per heavy atom. The lowest BCUT2D eigenvalue weighted by Crippen LogP contribution is -2.33. The van der Waals surface area contributed by atoms with E-state index in [2.05, 4.69) is 33.8 Å². The first-order valence-corrected chi connectivity index (χ1v) is 11.6. The summed E-state index contributed by atoms with van der Waals surface area (Å²) < 4.78 is 0. The van der Waals surface area contributed by atoms with Gasteiger partial charge in [-0.2, -0.15) is 0 Å². The number of benzene rings is 1. The minimum Gasteiger partial charge on any atom is -0.258 e. The molecule has 0 fully saturated rings. The highest BCUT2D eigenvalue weighted by Crippen LogP contribution is 2.36. The molecule has 3 nitrogen and oxygen atoms in total. The van der Waals surface area contributed by atoms with Gasteiger partial charge in [0, 0.05) is 12.1 Å². The molecule has 1 rings (SSSR count). The Hall–Kier alpha value is -1.42. The number of unbranched alkanes of at least 4 members (excludes halogenated alkanes) is 3. The summed E-state index contributed by atoms with van der Waals surface area (Å²) in [4.78, 5) is 10.6. The third-order valence-electron chi connectivity index (χ3n) is 5.15. The number of allylic oxidation sites excluding steroid dienone is 1. The summed E-state index contributed by atoms with van der Waals surface area (Å²) in [5.41, 5.74) is 1.38. The molecule has 1 aromatic carbocycles. The normalized spacial score (nSPS) is 12.4. The van der Waals surface area contributed by atoms with E-state index < -0.39 is 8.07 Å². The van der Waals surface area contributed by atoms with Crippen LogP contribution >= 0.6 is 0 Å². The fourth-order valence-electron chi connectivity index (χ4n) is 3.37. The van der Waals surface area contributed by atoms with Gasteiger partial charge < -0.3 is 0 Å². The molecule has 0 aliphatic rings. The second-order valence-corrected chi connectivity index (χ2v) is 11.5. The minimum atomic E-state index is -1.50. The first-order valence-electron chi connectivity index (χ1n) is 9.00. The highest BCUT2D eigenvalue weighted by Gasteiger charge is 2.32. The molecule has 0 spiro atoms. The number of non-ortho nitro benzene ring substituents is 1. The summed E-state index contributed by atoms with van der Waals surface area (Å²) in [5, 5.41) is 12.4. The van der Waals surface area contributed by atoms with Crippen LogP contribution < -0.4 is 0 Å². The third-order valence-corrected chi connectivity index (χ3v) is 10.8. The van der Waals surface area contributed by atoms with Crippen LogP contribution in [0.3, 0.4) is 0 Å². The van der Waals surface area contributed by atoms with Crippen LogP contribution in [0.15, 0.2) is 30.3 Å². The zero-order valence-electron chi connectivity index (χ0n) is 15.1. The van der Waals surface area contributed by atoms with Gasteiger partial charge in [0.25, 0.3) is 5.69 Å². The van der Waals surface area contributed by atoms with Crippen LogP contribution in [0.5, 0.6) is 0 Å². The standard InChI is InChI=1S/C19H31NO2Si/c1-5-9-10-11-12-19(23(6-2,7-3)8-4)17-13-15-18(16-14-17)20(21)22/h12-16H,5-11H2,1-4H3/b19-12+. The topological polar surface area (TPSA) is 43.1 Å². The van der Waals surface area contributed by atoms with Gasteiger partial charge in [0.05, 0.1) is 13.0 Å². The average Bonchev–Trinajstić information content (AvgIpc) is 2.58. The zero-order chi connectivity index (χ0) is 17.3. The Morgan fingerprint density at radius 2 is 1.61 bits per heavy atom. The maximum absolute atomic E-state index is 10.9. The van der Waals surface area contributed by atoms with E-state index in [9.17, 15) is 10.1 Å². The maximum Gasteiger partial charge on any atom is 0.269 e. The summed E-state index contributed by atoms with van der Waals surface area (Å²) in [6.45, 7) is 9.16. The van der Waals surface area contributed by atoms with E-state index in [0.29, 0.717) is 0 Å². The van der Waals surface area contributed by atoms with Gasteiger partial charge in [0.1, 0.15) is 0 Å². The van der Waals surface area contributed by atoms with Crippen molar-refractivity contribution in [1.29, 1.82) is 0 Å². The van der Waals surface area contributed by atoms with Crippen LogP contribution in [0, 0.1) is 10.1 Å². The monoisotopic (exact) mass is 333 g/mol. The molecular formula is C19H31NO2Si. The smallest absolute Gasteiger partial charge is 0.258 e. The molecule has 0 amide bonds. The van der Waals surface area contributed by atoms with E-state index in [1.54, 1.807) is 12.1 Å². The molecule has 0 N–H and O–H groups in total. The van der Waals surface area contributed by atoms with E-state index in [-0.39, 0.29) is 10.6 Å². The number of hydrogen-bond donors (Lipinski definition) is 0. The van der Waals surface area contributed by atoms with Crippen molar-refractivity contribution in [3.63, 3.8) is 0 Å². The van der Waals surface area contributed by atoms with Crippen molar-refractivity contribution in [2.24, 2.45) is 0 Å². The Morgan fingerprint density at radius 1 is 1.04 bits per heavy atom. The van der Waals surface area contributed by atoms with Crippen molar-refractivity contribution < 1.29 is 4.92 Å². The summed E-state index contributed by atoms with van der Waals surface area (Å²) in [7, 11) is -1.50. The molecule has 0 bridgehead atoms. The van der Waals surface area contributed by atoms with Crippen LogP contribution in [-0.4, -0.2) is 13.0 Å². The summed E-state index contributed by atoms with van der Waals surface area (Å²) >= 11 is 0. The molecule has 0 aromatic heterocycles. The number of nitro benzene ring substituents is 1. The second-order valence-electron chi connectivity index (χ2n) is 6.26. The zero-order valence-corrected chi connectivity index (χ0v) is 16.1. The van der Waals surface area contributed by atoms with E-state index in [1.165, 1.54) is 48.2 Å². The molecule has 0 saturated heterocycles. The van der Waals surface area contributed by atoms with Gasteiger partial charge in [-0.25, -0.2) is 0 Å². The highest BCUT2D eigenvalue weighted by molar-refractivity contribution is 6.96. The summed E-state index contributed by atoms with van der Waals surface area (Å²) in [5.74, 6) is 0. The minimum absolute atomic E-state index is 0.177. The fourth-order valence-corrected chi connectivity index (χ4v) is 7.36. The molecule has 0 heterocycles. The van der Waals surface area contributed by atoms with Gasteiger partial charge in [-0.15, -0.1) is 0 Å². The molecule has 1 aromatic rings. The predicted octanol–water partition coefficient (Wildman–Crippen LogP) is 6.61. The number of rotatable bonds is 10. The average molecular weight is 334 g/mol. The van der Waals surface area contributed by atoms with E-state index in [0.717, 1.165) is 6.42 Å². The second kappa shape index (κ2) is 9.66. The first-order chi connectivity index (χ1) is 11.0. The summed E-state index contributed by atoms with van der Waals surface area (Å²) in [6, 6.07) is 10.9. The molecular weight excluding hydrogens is 302 g/mol. The molecule has 0 aliphatic carbocycles. The molecule has 0 atom stereocenters. The lowest BCUT2D eigenvalue weighted by molar-refractivity contribution is -0.384. The lowest BCUT2D eigenvalue weighted by atomic mass is 10.1. The van der Waals surface area contributed by atoms with E-state index in [1.807, 2.05) is 12.1 Å². The Kier molecular flexibility index (Phi) is 8.24. The first kappa shape index (κ1) is 19.6. The quantitative estimate of drug-likeness (QED) is 0.209. The highest BCUT2D eigenvalue weighted by atomic mass is 28.3. The van der Waals surface area contributed by atoms with Crippen LogP contribution in [0.25, 0.3) is 5.20 Å². The van der Waals surface area contributed by atoms with Crippen LogP contribution in [-0.2, 0) is 0 Å². The largest absolute Gasteiger partial charge is 0.269 e. The van der Waals surface area contributed by atoms with Crippen molar-refractivity contribution >= 4 is 19.0 Å². The maximum atomic E-state index is 10.9. The summed E-state index contributed by atoms with van der Waals surface area (Å²) in [6.07, 6.45) is 7.30. The van der Waals surface area contributed by atoms with Gasteiger partial charge in [-0.1, -0.05) is 69.9 Å². The van der Waals surface area contributed by atoms with Crippen molar-refractivity contribution in [2.45, 2.75) is 71.5 Å². The SMILES string of the molecule is CCCCC/C=C(\c1ccc([N+](=O)[O-])cc1)[Si](CC)(CC)CC. The van der Waals surface area contributed by atoms with Gasteiger partial charge in [0.2, 0.25) is 0 Å². The van der Waals surface area contributed by atoms with Gasteiger partial charge in [0.15, 0.2) is 0 Å².